The van der Waals surface area contributed by atoms with Crippen molar-refractivity contribution in [1.82, 2.24) is 0 Å². The molecule has 5 nitrogen and oxygen atoms in total. The fourth-order valence-corrected chi connectivity index (χ4v) is 1.59. The monoisotopic (exact) mass is 236 g/mol. The smallest absolute Gasteiger partial charge is 0.139 e. The van der Waals surface area contributed by atoms with E-state index in [9.17, 15) is 19.8 Å². The van der Waals surface area contributed by atoms with Crippen LogP contribution in [0.2, 0.25) is 0 Å². The van der Waals surface area contributed by atoms with Crippen molar-refractivity contribution in [3.63, 3.8) is 0 Å². The minimum Gasteiger partial charge on any atom is -0.550 e. The van der Waals surface area contributed by atoms with Crippen LogP contribution in [0.5, 0.6) is 0 Å². The fourth-order valence-electron chi connectivity index (χ4n) is 1.59. The molecule has 0 aliphatic rings. The first kappa shape index (κ1) is 13.2. The summed E-state index contributed by atoms with van der Waals surface area (Å²) in [5.74, 6) is -2.63. The van der Waals surface area contributed by atoms with Gasteiger partial charge in [0.05, 0.1) is 0 Å². The summed E-state index contributed by atoms with van der Waals surface area (Å²) in [6.07, 6.45) is -0.305. The van der Waals surface area contributed by atoms with Crippen LogP contribution in [-0.2, 0) is 16.0 Å². The fraction of sp³-hybridized carbons (Fsp3) is 0.333. The number of carboxylic acids is 2. The predicted octanol–water partition coefficient (Wildman–Crippen LogP) is -2.51. The first-order chi connectivity index (χ1) is 7.94. The van der Waals surface area contributed by atoms with E-state index in [4.69, 9.17) is 0 Å². The lowest BCUT2D eigenvalue weighted by Crippen LogP contribution is -2.80. The van der Waals surface area contributed by atoms with Gasteiger partial charge in [-0.1, -0.05) is 30.3 Å². The number of hydrogen-bond acceptors (Lipinski definition) is 4. The quantitative estimate of drug-likeness (QED) is 0.588. The number of carbonyl (C=O) groups is 2. The molecule has 1 aromatic rings. The topological polar surface area (TPSA) is 108 Å². The summed E-state index contributed by atoms with van der Waals surface area (Å²) < 4.78 is 0. The number of hydrogen-bond donors (Lipinski definition) is 1. The molecule has 0 saturated carbocycles. The van der Waals surface area contributed by atoms with Crippen molar-refractivity contribution in [3.8, 4) is 0 Å². The SMILES string of the molecule is [NH3+][C@@](CCC(=O)[O-])(Cc1ccccc1)C(=O)[O-]. The highest BCUT2D eigenvalue weighted by molar-refractivity contribution is 5.76. The van der Waals surface area contributed by atoms with E-state index < -0.39 is 17.5 Å². The van der Waals surface area contributed by atoms with Gasteiger partial charge in [-0.2, -0.15) is 0 Å². The van der Waals surface area contributed by atoms with E-state index in [1.807, 2.05) is 6.07 Å². The van der Waals surface area contributed by atoms with Gasteiger partial charge in [0.25, 0.3) is 0 Å². The molecule has 1 aromatic carbocycles. The van der Waals surface area contributed by atoms with Crippen molar-refractivity contribution in [3.05, 3.63) is 35.9 Å². The molecule has 0 aliphatic heterocycles. The first-order valence-corrected chi connectivity index (χ1v) is 5.24. The second kappa shape index (κ2) is 5.45. The average Bonchev–Trinajstić information content (AvgIpc) is 2.27. The number of carbonyl (C=O) groups excluding carboxylic acids is 2. The molecule has 3 N–H and O–H groups in total. The van der Waals surface area contributed by atoms with E-state index in [1.165, 1.54) is 0 Å². The molecule has 0 unspecified atom stereocenters. The van der Waals surface area contributed by atoms with Crippen LogP contribution in [-0.4, -0.2) is 17.5 Å². The van der Waals surface area contributed by atoms with Crippen molar-refractivity contribution >= 4 is 11.9 Å². The molecule has 5 heteroatoms. The van der Waals surface area contributed by atoms with E-state index in [0.717, 1.165) is 5.56 Å². The van der Waals surface area contributed by atoms with Gasteiger partial charge >= 0.3 is 0 Å². The Kier molecular flexibility index (Phi) is 4.23. The molecular formula is C12H14NO4-. The summed E-state index contributed by atoms with van der Waals surface area (Å²) in [7, 11) is 0. The summed E-state index contributed by atoms with van der Waals surface area (Å²) in [5, 5.41) is 21.4. The minimum absolute atomic E-state index is 0.105. The van der Waals surface area contributed by atoms with Crippen LogP contribution in [0.25, 0.3) is 0 Å². The van der Waals surface area contributed by atoms with Crippen LogP contribution in [0.3, 0.4) is 0 Å². The molecule has 0 radical (unpaired) electrons. The Morgan fingerprint density at radius 3 is 2.24 bits per heavy atom. The van der Waals surface area contributed by atoms with Gasteiger partial charge in [0.15, 0.2) is 0 Å². The Morgan fingerprint density at radius 1 is 1.18 bits per heavy atom. The van der Waals surface area contributed by atoms with Gasteiger partial charge in [-0.25, -0.2) is 0 Å². The summed E-state index contributed by atoms with van der Waals surface area (Å²) >= 11 is 0. The molecule has 0 spiro atoms. The van der Waals surface area contributed by atoms with E-state index in [1.54, 1.807) is 24.3 Å². The van der Waals surface area contributed by atoms with Gasteiger partial charge in [-0.3, -0.25) is 0 Å². The van der Waals surface area contributed by atoms with Gasteiger partial charge in [0.2, 0.25) is 0 Å². The zero-order valence-corrected chi connectivity index (χ0v) is 9.35. The van der Waals surface area contributed by atoms with Gasteiger partial charge in [-0.15, -0.1) is 0 Å². The molecule has 17 heavy (non-hydrogen) atoms. The zero-order chi connectivity index (χ0) is 12.9. The Labute approximate surface area is 98.9 Å². The van der Waals surface area contributed by atoms with E-state index in [2.05, 4.69) is 5.73 Å². The Bertz CT molecular complexity index is 404. The minimum atomic E-state index is -1.43. The van der Waals surface area contributed by atoms with Gasteiger partial charge in [0.1, 0.15) is 11.5 Å². The molecule has 0 aromatic heterocycles. The lowest BCUT2D eigenvalue weighted by molar-refractivity contribution is -0.487. The van der Waals surface area contributed by atoms with E-state index in [-0.39, 0.29) is 19.3 Å². The predicted molar refractivity (Wildman–Crippen MR) is 55.0 cm³/mol. The molecule has 0 amide bonds. The summed E-state index contributed by atoms with van der Waals surface area (Å²) in [6, 6.07) is 8.91. The third kappa shape index (κ3) is 3.88. The molecule has 0 aliphatic carbocycles. The number of quaternary nitrogens is 1. The molecule has 0 fully saturated rings. The van der Waals surface area contributed by atoms with Crippen molar-refractivity contribution in [1.29, 1.82) is 0 Å². The third-order valence-corrected chi connectivity index (χ3v) is 2.63. The van der Waals surface area contributed by atoms with Gasteiger partial charge in [0, 0.05) is 18.8 Å². The van der Waals surface area contributed by atoms with Crippen molar-refractivity contribution in [2.45, 2.75) is 24.8 Å². The largest absolute Gasteiger partial charge is 0.550 e. The molecule has 0 saturated heterocycles. The highest BCUT2D eigenvalue weighted by atomic mass is 16.4. The Hall–Kier alpha value is -1.88. The molecule has 92 valence electrons. The number of carboxylic acid groups (broad SMARTS) is 2. The zero-order valence-electron chi connectivity index (χ0n) is 9.35. The maximum Gasteiger partial charge on any atom is 0.139 e. The lowest BCUT2D eigenvalue weighted by atomic mass is 9.87. The van der Waals surface area contributed by atoms with Crippen molar-refractivity contribution in [2.75, 3.05) is 0 Å². The summed E-state index contributed by atoms with van der Waals surface area (Å²) in [5.41, 5.74) is 2.94. The third-order valence-electron chi connectivity index (χ3n) is 2.63. The molecule has 0 bridgehead atoms. The molecule has 1 atom stereocenters. The van der Waals surface area contributed by atoms with Crippen molar-refractivity contribution < 1.29 is 25.5 Å². The van der Waals surface area contributed by atoms with Crippen molar-refractivity contribution in [2.24, 2.45) is 0 Å². The van der Waals surface area contributed by atoms with Crippen LogP contribution >= 0.6 is 0 Å². The normalized spacial score (nSPS) is 13.9. The van der Waals surface area contributed by atoms with E-state index in [0.29, 0.717) is 0 Å². The second-order valence-corrected chi connectivity index (χ2v) is 4.10. The number of rotatable bonds is 6. The highest BCUT2D eigenvalue weighted by Crippen LogP contribution is 2.14. The van der Waals surface area contributed by atoms with E-state index >= 15 is 0 Å². The summed E-state index contributed by atoms with van der Waals surface area (Å²) in [6.45, 7) is 0. The van der Waals surface area contributed by atoms with Crippen LogP contribution < -0.4 is 15.9 Å². The summed E-state index contributed by atoms with van der Waals surface area (Å²) in [4.78, 5) is 21.4. The maximum absolute atomic E-state index is 11.1. The van der Waals surface area contributed by atoms with Crippen LogP contribution in [0.1, 0.15) is 18.4 Å². The van der Waals surface area contributed by atoms with Crippen LogP contribution in [0, 0.1) is 0 Å². The second-order valence-electron chi connectivity index (χ2n) is 4.10. The van der Waals surface area contributed by atoms with Crippen LogP contribution in [0.15, 0.2) is 30.3 Å². The standard InChI is InChI=1S/C12H15NO4/c13-12(11(16)17,7-6-10(14)15)8-9-4-2-1-3-5-9/h1-5H,6-8,13H2,(H,14,15)(H,16,17)/p-1/t12-/m0/s1. The van der Waals surface area contributed by atoms with Crippen LogP contribution in [0.4, 0.5) is 0 Å². The Balaban J connectivity index is 2.78. The maximum atomic E-state index is 11.1. The van der Waals surface area contributed by atoms with Gasteiger partial charge < -0.3 is 25.5 Å². The number of benzene rings is 1. The molecular weight excluding hydrogens is 222 g/mol. The molecule has 1 rings (SSSR count). The van der Waals surface area contributed by atoms with Gasteiger partial charge in [-0.05, 0) is 12.0 Å². The highest BCUT2D eigenvalue weighted by Gasteiger charge is 2.31. The Morgan fingerprint density at radius 2 is 1.76 bits per heavy atom. The first-order valence-electron chi connectivity index (χ1n) is 5.24. The lowest BCUT2D eigenvalue weighted by Gasteiger charge is -2.27. The molecule has 0 heterocycles. The number of aliphatic carboxylic acids is 2. The average molecular weight is 236 g/mol.